The molecule has 0 N–H and O–H groups in total. The van der Waals surface area contributed by atoms with Crippen LogP contribution in [0.15, 0.2) is 33.2 Å². The van der Waals surface area contributed by atoms with Crippen molar-refractivity contribution in [3.05, 3.63) is 44.3 Å². The Morgan fingerprint density at radius 1 is 0.722 bits per heavy atom. The summed E-state index contributed by atoms with van der Waals surface area (Å²) in [5.41, 5.74) is 8.50. The zero-order chi connectivity index (χ0) is 12.9. The molecule has 3 rings (SSSR count). The lowest BCUT2D eigenvalue weighted by atomic mass is 9.75. The molecule has 18 heavy (non-hydrogen) atoms. The van der Waals surface area contributed by atoms with Gasteiger partial charge in [-0.15, -0.1) is 0 Å². The number of benzene rings is 2. The van der Waals surface area contributed by atoms with Gasteiger partial charge in [0, 0.05) is 8.95 Å². The molecule has 88 valence electrons. The largest absolute Gasteiger partial charge is 0.138 e. The van der Waals surface area contributed by atoms with Crippen molar-refractivity contribution in [2.45, 2.75) is 12.8 Å². The fourth-order valence-corrected chi connectivity index (χ4v) is 3.38. The molecule has 0 heterocycles. The SMILES string of the molecule is Bc1cc2c(cc1B)-c1cc(Br)c(Br)cc1CC2. The second-order valence-electron chi connectivity index (χ2n) is 5.02. The van der Waals surface area contributed by atoms with Crippen LogP contribution in [0.25, 0.3) is 11.1 Å². The fourth-order valence-electron chi connectivity index (χ4n) is 2.65. The molecule has 1 aliphatic carbocycles. The number of hydrogen-bond donors (Lipinski definition) is 0. The first-order valence-corrected chi connectivity index (χ1v) is 7.73. The molecular weight excluding hydrogens is 350 g/mol. The molecule has 0 unspecified atom stereocenters. The summed E-state index contributed by atoms with van der Waals surface area (Å²) in [7, 11) is 4.39. The highest BCUT2D eigenvalue weighted by Crippen LogP contribution is 2.37. The summed E-state index contributed by atoms with van der Waals surface area (Å²) in [6.07, 6.45) is 2.29. The van der Waals surface area contributed by atoms with Crippen molar-refractivity contribution in [2.75, 3.05) is 0 Å². The molecule has 1 aliphatic rings. The number of hydrogen-bond acceptors (Lipinski definition) is 0. The normalized spacial score (nSPS) is 13.0. The second-order valence-corrected chi connectivity index (χ2v) is 6.73. The summed E-state index contributed by atoms with van der Waals surface area (Å²) in [6.45, 7) is 0. The molecule has 0 saturated carbocycles. The topological polar surface area (TPSA) is 0 Å². The Kier molecular flexibility index (Phi) is 3.19. The summed E-state index contributed by atoms with van der Waals surface area (Å²) < 4.78 is 2.28. The molecule has 4 heteroatoms. The third kappa shape index (κ3) is 2.00. The van der Waals surface area contributed by atoms with E-state index in [0.717, 1.165) is 21.8 Å². The van der Waals surface area contributed by atoms with Gasteiger partial charge in [0.15, 0.2) is 0 Å². The maximum absolute atomic E-state index is 3.61. The first-order valence-electron chi connectivity index (χ1n) is 6.14. The first-order chi connectivity index (χ1) is 8.56. The van der Waals surface area contributed by atoms with Crippen LogP contribution in [0.2, 0.25) is 0 Å². The van der Waals surface area contributed by atoms with Gasteiger partial charge in [0.25, 0.3) is 0 Å². The minimum Gasteiger partial charge on any atom is -0.0948 e. The van der Waals surface area contributed by atoms with E-state index in [1.165, 1.54) is 33.2 Å². The van der Waals surface area contributed by atoms with Crippen LogP contribution < -0.4 is 10.9 Å². The van der Waals surface area contributed by atoms with Crippen LogP contribution >= 0.6 is 31.9 Å². The second kappa shape index (κ2) is 4.57. The summed E-state index contributed by atoms with van der Waals surface area (Å²) in [5.74, 6) is 0. The van der Waals surface area contributed by atoms with Crippen molar-refractivity contribution in [3.63, 3.8) is 0 Å². The van der Waals surface area contributed by atoms with Crippen LogP contribution in [0.3, 0.4) is 0 Å². The van der Waals surface area contributed by atoms with Crippen LogP contribution in [-0.4, -0.2) is 15.7 Å². The smallest absolute Gasteiger partial charge is 0.0948 e. The van der Waals surface area contributed by atoms with Crippen molar-refractivity contribution in [1.29, 1.82) is 0 Å². The molecule has 0 saturated heterocycles. The predicted octanol–water partition coefficient (Wildman–Crippen LogP) is 1.49. The zero-order valence-corrected chi connectivity index (χ0v) is 13.7. The Labute approximate surface area is 126 Å². The summed E-state index contributed by atoms with van der Waals surface area (Å²) in [5, 5.41) is 0. The van der Waals surface area contributed by atoms with E-state index in [4.69, 9.17) is 0 Å². The van der Waals surface area contributed by atoms with Gasteiger partial charge in [0.1, 0.15) is 15.7 Å². The van der Waals surface area contributed by atoms with Crippen LogP contribution in [0.4, 0.5) is 0 Å². The molecular formula is C14H12B2Br2. The van der Waals surface area contributed by atoms with E-state index in [0.29, 0.717) is 0 Å². The van der Waals surface area contributed by atoms with E-state index in [-0.39, 0.29) is 0 Å². The van der Waals surface area contributed by atoms with Gasteiger partial charge in [-0.1, -0.05) is 23.1 Å². The minimum atomic E-state index is 1.13. The average Bonchev–Trinajstić information content (AvgIpc) is 2.33. The van der Waals surface area contributed by atoms with Gasteiger partial charge >= 0.3 is 0 Å². The Morgan fingerprint density at radius 2 is 1.22 bits per heavy atom. The Bertz CT molecular complexity index is 593. The van der Waals surface area contributed by atoms with Crippen molar-refractivity contribution in [2.24, 2.45) is 0 Å². The molecule has 0 nitrogen and oxygen atoms in total. The standard InChI is InChI=1S/C14H12B2Br2/c15-11-3-7-1-2-8-4-13(17)14(18)6-10(8)9(7)5-12(11)16/h3-6H,1-2,15-16H2. The molecule has 0 fully saturated rings. The minimum absolute atomic E-state index is 1.13. The molecule has 0 aliphatic heterocycles. The number of halogens is 2. The van der Waals surface area contributed by atoms with E-state index in [1.54, 1.807) is 0 Å². The van der Waals surface area contributed by atoms with Crippen molar-refractivity contribution in [3.8, 4) is 11.1 Å². The van der Waals surface area contributed by atoms with Gasteiger partial charge < -0.3 is 0 Å². The van der Waals surface area contributed by atoms with Gasteiger partial charge in [-0.3, -0.25) is 0 Å². The number of aryl methyl sites for hydroxylation is 2. The Hall–Kier alpha value is -0.470. The van der Waals surface area contributed by atoms with E-state index >= 15 is 0 Å². The Balaban J connectivity index is 2.28. The van der Waals surface area contributed by atoms with E-state index < -0.39 is 0 Å². The van der Waals surface area contributed by atoms with Crippen LogP contribution in [0.1, 0.15) is 11.1 Å². The molecule has 2 aromatic carbocycles. The summed E-state index contributed by atoms with van der Waals surface area (Å²) in [6, 6.07) is 9.18. The van der Waals surface area contributed by atoms with Gasteiger partial charge in [0.2, 0.25) is 0 Å². The third-order valence-electron chi connectivity index (χ3n) is 3.82. The van der Waals surface area contributed by atoms with Crippen LogP contribution in [0.5, 0.6) is 0 Å². The van der Waals surface area contributed by atoms with Crippen molar-refractivity contribution < 1.29 is 0 Å². The van der Waals surface area contributed by atoms with Gasteiger partial charge in [0.05, 0.1) is 0 Å². The zero-order valence-electron chi connectivity index (χ0n) is 10.5. The van der Waals surface area contributed by atoms with E-state index in [1.807, 2.05) is 0 Å². The molecule has 0 atom stereocenters. The van der Waals surface area contributed by atoms with Crippen molar-refractivity contribution in [1.82, 2.24) is 0 Å². The Morgan fingerprint density at radius 3 is 1.94 bits per heavy atom. The lowest BCUT2D eigenvalue weighted by molar-refractivity contribution is 0.942. The summed E-state index contributed by atoms with van der Waals surface area (Å²) in [4.78, 5) is 0. The maximum atomic E-state index is 3.61. The van der Waals surface area contributed by atoms with Gasteiger partial charge in [-0.05, 0) is 79.1 Å². The highest BCUT2D eigenvalue weighted by atomic mass is 79.9. The third-order valence-corrected chi connectivity index (χ3v) is 5.66. The van der Waals surface area contributed by atoms with Gasteiger partial charge in [-0.25, -0.2) is 0 Å². The monoisotopic (exact) mass is 360 g/mol. The fraction of sp³-hybridized carbons (Fsp3) is 0.143. The molecule has 0 aromatic heterocycles. The number of fused-ring (bicyclic) bond motifs is 3. The molecule has 0 radical (unpaired) electrons. The molecule has 0 spiro atoms. The predicted molar refractivity (Wildman–Crippen MR) is 91.0 cm³/mol. The summed E-state index contributed by atoms with van der Waals surface area (Å²) >= 11 is 7.21. The molecule has 0 amide bonds. The van der Waals surface area contributed by atoms with Crippen molar-refractivity contribution >= 4 is 58.5 Å². The highest BCUT2D eigenvalue weighted by Gasteiger charge is 2.18. The molecule has 2 aromatic rings. The van der Waals surface area contributed by atoms with Crippen LogP contribution in [-0.2, 0) is 12.8 Å². The highest BCUT2D eigenvalue weighted by molar-refractivity contribution is 9.13. The number of rotatable bonds is 0. The maximum Gasteiger partial charge on any atom is 0.138 e. The first kappa shape index (κ1) is 12.6. The lowest BCUT2D eigenvalue weighted by Gasteiger charge is -2.22. The van der Waals surface area contributed by atoms with E-state index in [2.05, 4.69) is 71.8 Å². The van der Waals surface area contributed by atoms with E-state index in [9.17, 15) is 0 Å². The average molecular weight is 362 g/mol. The van der Waals surface area contributed by atoms with Gasteiger partial charge in [-0.2, -0.15) is 0 Å². The quantitative estimate of drug-likeness (QED) is 0.624. The molecule has 0 bridgehead atoms. The van der Waals surface area contributed by atoms with Crippen LogP contribution in [0, 0.1) is 0 Å². The lowest BCUT2D eigenvalue weighted by Crippen LogP contribution is -2.27.